The highest BCUT2D eigenvalue weighted by molar-refractivity contribution is 7.17. The lowest BCUT2D eigenvalue weighted by atomic mass is 10.1. The van der Waals surface area contributed by atoms with E-state index >= 15 is 0 Å². The number of hydrogen-bond acceptors (Lipinski definition) is 8. The van der Waals surface area contributed by atoms with Crippen molar-refractivity contribution < 1.29 is 23.8 Å². The van der Waals surface area contributed by atoms with Crippen LogP contribution in [0.4, 0.5) is 0 Å². The van der Waals surface area contributed by atoms with Crippen molar-refractivity contribution in [2.45, 2.75) is 72.1 Å². The second-order valence-electron chi connectivity index (χ2n) is 11.1. The number of hydrogen-bond donors (Lipinski definition) is 1. The summed E-state index contributed by atoms with van der Waals surface area (Å²) in [7, 11) is -1.90. The second-order valence-corrected chi connectivity index (χ2v) is 17.3. The number of ether oxygens (including phenoxy) is 2. The number of aliphatic hydroxyl groups excluding tert-OH is 1. The predicted octanol–water partition coefficient (Wildman–Crippen LogP) is 7.44. The van der Waals surface area contributed by atoms with Gasteiger partial charge in [-0.2, -0.15) is 4.98 Å². The van der Waals surface area contributed by atoms with Crippen LogP contribution < -0.4 is 4.74 Å². The molecule has 11 heteroatoms. The van der Waals surface area contributed by atoms with Gasteiger partial charge < -0.3 is 19.0 Å². The number of esters is 1. The Balaban J connectivity index is 1.60. The van der Waals surface area contributed by atoms with Gasteiger partial charge in [-0.25, -0.2) is 9.78 Å². The van der Waals surface area contributed by atoms with Gasteiger partial charge in [0.05, 0.1) is 26.0 Å². The molecule has 4 aromatic rings. The van der Waals surface area contributed by atoms with Crippen LogP contribution in [0.25, 0.3) is 16.3 Å². The van der Waals surface area contributed by atoms with Crippen molar-refractivity contribution in [3.8, 4) is 16.6 Å². The third-order valence-corrected chi connectivity index (χ3v) is 13.1. The van der Waals surface area contributed by atoms with Crippen molar-refractivity contribution in [1.29, 1.82) is 0 Å². The van der Waals surface area contributed by atoms with Gasteiger partial charge in [-0.1, -0.05) is 50.6 Å². The number of halogens is 1. The first-order valence-electron chi connectivity index (χ1n) is 13.2. The van der Waals surface area contributed by atoms with Crippen LogP contribution in [-0.4, -0.2) is 40.4 Å². The fraction of sp³-hybridized carbons (Fsp3) is 0.414. The summed E-state index contributed by atoms with van der Waals surface area (Å²) in [5, 5.41) is 10.8. The van der Waals surface area contributed by atoms with Gasteiger partial charge in [-0.15, -0.1) is 11.3 Å². The molecule has 0 saturated carbocycles. The van der Waals surface area contributed by atoms with E-state index in [0.29, 0.717) is 28.0 Å². The number of aromatic nitrogens is 3. The minimum absolute atomic E-state index is 0.104. The summed E-state index contributed by atoms with van der Waals surface area (Å²) in [4.78, 5) is 22.2. The molecule has 0 bridgehead atoms. The number of carbonyl (C=O) groups excluding carboxylic acids is 1. The molecule has 0 aliphatic carbocycles. The maximum absolute atomic E-state index is 12.8. The number of fused-ring (bicyclic) bond motifs is 1. The Labute approximate surface area is 245 Å². The molecular formula is C29H36ClN3O5SSi. The molecule has 3 heterocycles. The molecule has 1 aromatic carbocycles. The van der Waals surface area contributed by atoms with E-state index in [4.69, 9.17) is 25.5 Å². The number of thiazole rings is 1. The van der Waals surface area contributed by atoms with E-state index in [1.165, 1.54) is 11.3 Å². The molecule has 0 saturated heterocycles. The van der Waals surface area contributed by atoms with Gasteiger partial charge in [-0.05, 0) is 55.2 Å². The molecule has 0 amide bonds. The van der Waals surface area contributed by atoms with Crippen LogP contribution in [0.15, 0.2) is 42.7 Å². The molecule has 8 nitrogen and oxygen atoms in total. The summed E-state index contributed by atoms with van der Waals surface area (Å²) >= 11 is 7.87. The third-order valence-electron chi connectivity index (χ3n) is 7.22. The molecule has 0 radical (unpaired) electrons. The van der Waals surface area contributed by atoms with Gasteiger partial charge in [0.2, 0.25) is 5.88 Å². The standard InChI is InChI=1S/C29H36ClN3O5SSi/c1-8-36-28(35)25-26(32-27(39-25)23-14-31-24-12-10-20(16-34)15-33(23)24)38-18(2)21-11-9-19(13-22(21)30)17-37-40(6,7)29(3,4)5/h9-15,18,34H,8,16-17H2,1-7H3/t18-/m1/s1. The second kappa shape index (κ2) is 12.0. The normalized spacial score (nSPS) is 13.0. The van der Waals surface area contributed by atoms with Crippen LogP contribution in [0.2, 0.25) is 23.2 Å². The summed E-state index contributed by atoms with van der Waals surface area (Å²) in [5.74, 6) is -0.344. The van der Waals surface area contributed by atoms with Gasteiger partial charge in [0.15, 0.2) is 13.2 Å². The fourth-order valence-electron chi connectivity index (χ4n) is 3.80. The first-order chi connectivity index (χ1) is 18.8. The highest BCUT2D eigenvalue weighted by Crippen LogP contribution is 2.39. The Morgan fingerprint density at radius 1 is 1.20 bits per heavy atom. The minimum Gasteiger partial charge on any atom is -0.468 e. The molecule has 0 unspecified atom stereocenters. The van der Waals surface area contributed by atoms with E-state index in [2.05, 4.69) is 43.8 Å². The molecular weight excluding hydrogens is 566 g/mol. The Hall–Kier alpha value is -2.76. The smallest absolute Gasteiger partial charge is 0.354 e. The molecule has 0 spiro atoms. The first-order valence-corrected chi connectivity index (χ1v) is 17.3. The summed E-state index contributed by atoms with van der Waals surface area (Å²) < 4.78 is 19.7. The zero-order chi connectivity index (χ0) is 29.2. The number of aliphatic hydroxyl groups is 1. The van der Waals surface area contributed by atoms with Crippen LogP contribution in [0.1, 0.15) is 67.1 Å². The Kier molecular flexibility index (Phi) is 9.06. The van der Waals surface area contributed by atoms with Crippen molar-refractivity contribution in [1.82, 2.24) is 14.4 Å². The van der Waals surface area contributed by atoms with Gasteiger partial charge in [0.25, 0.3) is 0 Å². The zero-order valence-electron chi connectivity index (χ0n) is 23.9. The lowest BCUT2D eigenvalue weighted by molar-refractivity contribution is 0.0525. The van der Waals surface area contributed by atoms with Gasteiger partial charge in [0.1, 0.15) is 22.5 Å². The quantitative estimate of drug-likeness (QED) is 0.149. The average molecular weight is 602 g/mol. The maximum Gasteiger partial charge on any atom is 0.354 e. The first kappa shape index (κ1) is 30.2. The largest absolute Gasteiger partial charge is 0.468 e. The molecule has 214 valence electrons. The predicted molar refractivity (Wildman–Crippen MR) is 161 cm³/mol. The summed E-state index contributed by atoms with van der Waals surface area (Å²) in [6.07, 6.45) is 2.98. The zero-order valence-corrected chi connectivity index (χ0v) is 26.5. The molecule has 0 aliphatic heterocycles. The minimum atomic E-state index is -1.90. The van der Waals surface area contributed by atoms with E-state index in [9.17, 15) is 9.90 Å². The molecule has 1 atom stereocenters. The van der Waals surface area contributed by atoms with Crippen LogP contribution >= 0.6 is 22.9 Å². The van der Waals surface area contributed by atoms with E-state index in [1.54, 1.807) is 19.3 Å². The topological polar surface area (TPSA) is 95.2 Å². The Morgan fingerprint density at radius 3 is 2.58 bits per heavy atom. The van der Waals surface area contributed by atoms with Crippen molar-refractivity contribution in [3.63, 3.8) is 0 Å². The van der Waals surface area contributed by atoms with Crippen molar-refractivity contribution in [2.75, 3.05) is 6.61 Å². The lowest BCUT2D eigenvalue weighted by Gasteiger charge is -2.36. The number of pyridine rings is 1. The molecule has 0 fully saturated rings. The lowest BCUT2D eigenvalue weighted by Crippen LogP contribution is -2.40. The van der Waals surface area contributed by atoms with Crippen LogP contribution in [-0.2, 0) is 22.4 Å². The molecule has 40 heavy (non-hydrogen) atoms. The summed E-state index contributed by atoms with van der Waals surface area (Å²) in [6.45, 7) is 15.3. The summed E-state index contributed by atoms with van der Waals surface area (Å²) in [6, 6.07) is 9.44. The molecule has 4 rings (SSSR count). The number of benzene rings is 1. The number of rotatable bonds is 10. The maximum atomic E-state index is 12.8. The Bertz CT molecular complexity index is 1510. The third kappa shape index (κ3) is 6.42. The monoisotopic (exact) mass is 601 g/mol. The van der Waals surface area contributed by atoms with Crippen molar-refractivity contribution >= 4 is 42.9 Å². The number of imidazole rings is 1. The van der Waals surface area contributed by atoms with Gasteiger partial charge in [0, 0.05) is 16.8 Å². The van der Waals surface area contributed by atoms with Crippen LogP contribution in [0.5, 0.6) is 5.88 Å². The molecule has 1 N–H and O–H groups in total. The average Bonchev–Trinajstić information content (AvgIpc) is 3.50. The van der Waals surface area contributed by atoms with Crippen LogP contribution in [0.3, 0.4) is 0 Å². The summed E-state index contributed by atoms with van der Waals surface area (Å²) in [5.41, 5.74) is 3.85. The molecule has 3 aromatic heterocycles. The molecule has 0 aliphatic rings. The highest BCUT2D eigenvalue weighted by atomic mass is 35.5. The van der Waals surface area contributed by atoms with E-state index < -0.39 is 20.4 Å². The van der Waals surface area contributed by atoms with E-state index in [1.807, 2.05) is 41.7 Å². The van der Waals surface area contributed by atoms with E-state index in [0.717, 1.165) is 16.7 Å². The van der Waals surface area contributed by atoms with Gasteiger partial charge >= 0.3 is 5.97 Å². The number of carbonyl (C=O) groups is 1. The van der Waals surface area contributed by atoms with Gasteiger partial charge in [-0.3, -0.25) is 4.40 Å². The highest BCUT2D eigenvalue weighted by Gasteiger charge is 2.37. The van der Waals surface area contributed by atoms with E-state index in [-0.39, 0.29) is 29.0 Å². The van der Waals surface area contributed by atoms with Crippen molar-refractivity contribution in [2.24, 2.45) is 0 Å². The van der Waals surface area contributed by atoms with Crippen molar-refractivity contribution in [3.05, 3.63) is 69.3 Å². The number of nitrogens with zero attached hydrogens (tertiary/aromatic N) is 3. The fourth-order valence-corrected chi connectivity index (χ4v) is 6.02. The SMILES string of the molecule is CCOC(=O)c1sc(-c2cnc3ccc(CO)cn23)nc1O[C@H](C)c1ccc(CO[Si](C)(C)C(C)(C)C)cc1Cl. The Morgan fingerprint density at radius 2 is 1.93 bits per heavy atom. The van der Waals surface area contributed by atoms with Crippen LogP contribution in [0, 0.1) is 0 Å².